The van der Waals surface area contributed by atoms with Gasteiger partial charge in [0.05, 0.1) is 14.2 Å². The van der Waals surface area contributed by atoms with Gasteiger partial charge >= 0.3 is 5.97 Å². The largest absolute Gasteiger partial charge is 0.497 e. The minimum atomic E-state index is -0.573. The highest BCUT2D eigenvalue weighted by molar-refractivity contribution is 6.12. The quantitative estimate of drug-likeness (QED) is 0.639. The van der Waals surface area contributed by atoms with Crippen LogP contribution in [-0.4, -0.2) is 26.1 Å². The van der Waals surface area contributed by atoms with E-state index in [2.05, 4.69) is 4.99 Å². The molecule has 24 heavy (non-hydrogen) atoms. The number of cyclic esters (lactones) is 1. The minimum absolute atomic E-state index is 0.140. The molecule has 1 heterocycles. The fraction of sp³-hybridized carbons (Fsp3) is 0.111. The number of nitrogens with zero attached hydrogens (tertiary/aromatic N) is 1. The van der Waals surface area contributed by atoms with Gasteiger partial charge in [0.2, 0.25) is 5.90 Å². The third-order valence-corrected chi connectivity index (χ3v) is 3.39. The van der Waals surface area contributed by atoms with E-state index in [1.165, 1.54) is 24.3 Å². The van der Waals surface area contributed by atoms with Gasteiger partial charge in [0.1, 0.15) is 17.3 Å². The standard InChI is InChI=1S/C18H14FNO4/c1-22-14-7-11(8-15(10-14)23-2)9-16-18(21)24-17(20-16)12-3-5-13(19)6-4-12/h3-10H,1-2H3/b16-9+. The summed E-state index contributed by atoms with van der Waals surface area (Å²) < 4.78 is 28.5. The SMILES string of the molecule is COc1cc(/C=C2/N=C(c3ccc(F)cc3)OC2=O)cc(OC)c1. The molecule has 0 N–H and O–H groups in total. The Morgan fingerprint density at radius 1 is 1.04 bits per heavy atom. The van der Waals surface area contributed by atoms with Crippen LogP contribution in [-0.2, 0) is 9.53 Å². The molecule has 0 aromatic heterocycles. The van der Waals surface area contributed by atoms with Crippen LogP contribution in [0.4, 0.5) is 4.39 Å². The number of hydrogen-bond donors (Lipinski definition) is 0. The Kier molecular flexibility index (Phi) is 4.29. The Hall–Kier alpha value is -3.15. The molecule has 0 aliphatic carbocycles. The molecule has 6 heteroatoms. The van der Waals surface area contributed by atoms with E-state index in [1.807, 2.05) is 0 Å². The Morgan fingerprint density at radius 3 is 2.25 bits per heavy atom. The van der Waals surface area contributed by atoms with Crippen LogP contribution in [0.5, 0.6) is 11.5 Å². The molecule has 3 rings (SSSR count). The smallest absolute Gasteiger partial charge is 0.363 e. The maximum absolute atomic E-state index is 13.0. The molecule has 1 aliphatic rings. The van der Waals surface area contributed by atoms with Crippen LogP contribution in [0.15, 0.2) is 53.2 Å². The average Bonchev–Trinajstić information content (AvgIpc) is 2.95. The predicted octanol–water partition coefficient (Wildman–Crippen LogP) is 3.19. The van der Waals surface area contributed by atoms with Crippen molar-refractivity contribution in [3.8, 4) is 11.5 Å². The topological polar surface area (TPSA) is 57.1 Å². The second-order valence-corrected chi connectivity index (χ2v) is 4.99. The summed E-state index contributed by atoms with van der Waals surface area (Å²) in [5.74, 6) is 0.380. The zero-order valence-electron chi connectivity index (χ0n) is 13.1. The zero-order chi connectivity index (χ0) is 17.1. The zero-order valence-corrected chi connectivity index (χ0v) is 13.1. The first-order valence-corrected chi connectivity index (χ1v) is 7.10. The summed E-state index contributed by atoms with van der Waals surface area (Å²) in [6.45, 7) is 0. The van der Waals surface area contributed by atoms with Gasteiger partial charge in [-0.25, -0.2) is 14.2 Å². The first-order valence-electron chi connectivity index (χ1n) is 7.10. The first-order chi connectivity index (χ1) is 11.6. The third-order valence-electron chi connectivity index (χ3n) is 3.39. The third kappa shape index (κ3) is 3.27. The molecule has 1 aliphatic heterocycles. The summed E-state index contributed by atoms with van der Waals surface area (Å²) in [7, 11) is 3.08. The molecule has 0 radical (unpaired) electrons. The van der Waals surface area contributed by atoms with Gasteiger partial charge in [-0.1, -0.05) is 0 Å². The second kappa shape index (κ2) is 6.54. The van der Waals surface area contributed by atoms with E-state index in [4.69, 9.17) is 14.2 Å². The Bertz CT molecular complexity index is 818. The molecule has 0 unspecified atom stereocenters. The number of halogens is 1. The molecule has 122 valence electrons. The number of aliphatic imine (C=N–C) groups is 1. The van der Waals surface area contributed by atoms with Gasteiger partial charge in [0, 0.05) is 11.6 Å². The molecule has 2 aromatic rings. The number of rotatable bonds is 4. The molecular formula is C18H14FNO4. The summed E-state index contributed by atoms with van der Waals surface area (Å²) in [4.78, 5) is 16.2. The molecule has 0 saturated carbocycles. The van der Waals surface area contributed by atoms with Crippen LogP contribution < -0.4 is 9.47 Å². The van der Waals surface area contributed by atoms with Crippen molar-refractivity contribution < 1.29 is 23.4 Å². The van der Waals surface area contributed by atoms with Crippen molar-refractivity contribution in [1.82, 2.24) is 0 Å². The number of hydrogen-bond acceptors (Lipinski definition) is 5. The minimum Gasteiger partial charge on any atom is -0.497 e. The summed E-state index contributed by atoms with van der Waals surface area (Å²) in [5.41, 5.74) is 1.35. The van der Waals surface area contributed by atoms with Crippen molar-refractivity contribution in [1.29, 1.82) is 0 Å². The Balaban J connectivity index is 1.95. The second-order valence-electron chi connectivity index (χ2n) is 4.99. The van der Waals surface area contributed by atoms with Gasteiger partial charge in [-0.05, 0) is 48.0 Å². The maximum atomic E-state index is 13.0. The molecule has 0 spiro atoms. The highest BCUT2D eigenvalue weighted by atomic mass is 19.1. The highest BCUT2D eigenvalue weighted by Crippen LogP contribution is 2.26. The Morgan fingerprint density at radius 2 is 1.67 bits per heavy atom. The summed E-state index contributed by atoms with van der Waals surface area (Å²) >= 11 is 0. The summed E-state index contributed by atoms with van der Waals surface area (Å²) in [6.07, 6.45) is 1.57. The lowest BCUT2D eigenvalue weighted by Gasteiger charge is -2.05. The van der Waals surface area contributed by atoms with E-state index >= 15 is 0 Å². The van der Waals surface area contributed by atoms with Crippen molar-refractivity contribution in [2.24, 2.45) is 4.99 Å². The van der Waals surface area contributed by atoms with E-state index in [0.717, 1.165) is 0 Å². The van der Waals surface area contributed by atoms with Crippen molar-refractivity contribution in [2.75, 3.05) is 14.2 Å². The van der Waals surface area contributed by atoms with Crippen molar-refractivity contribution >= 4 is 17.9 Å². The van der Waals surface area contributed by atoms with Crippen LogP contribution in [0.1, 0.15) is 11.1 Å². The predicted molar refractivity (Wildman–Crippen MR) is 86.6 cm³/mol. The number of methoxy groups -OCH3 is 2. The lowest BCUT2D eigenvalue weighted by atomic mass is 10.1. The van der Waals surface area contributed by atoms with Gasteiger partial charge in [-0.3, -0.25) is 0 Å². The Labute approximate surface area is 138 Å². The van der Waals surface area contributed by atoms with Crippen molar-refractivity contribution in [3.05, 3.63) is 65.1 Å². The number of ether oxygens (including phenoxy) is 3. The van der Waals surface area contributed by atoms with Gasteiger partial charge in [-0.15, -0.1) is 0 Å². The molecule has 0 atom stereocenters. The fourth-order valence-corrected chi connectivity index (χ4v) is 2.20. The first kappa shape index (κ1) is 15.7. The molecule has 0 bridgehead atoms. The van der Waals surface area contributed by atoms with Crippen LogP contribution in [0, 0.1) is 5.82 Å². The van der Waals surface area contributed by atoms with Crippen LogP contribution in [0.2, 0.25) is 0 Å². The number of esters is 1. The molecular weight excluding hydrogens is 313 g/mol. The lowest BCUT2D eigenvalue weighted by Crippen LogP contribution is -2.05. The van der Waals surface area contributed by atoms with Crippen LogP contribution >= 0.6 is 0 Å². The van der Waals surface area contributed by atoms with E-state index in [1.54, 1.807) is 38.5 Å². The van der Waals surface area contributed by atoms with E-state index in [0.29, 0.717) is 22.6 Å². The fourth-order valence-electron chi connectivity index (χ4n) is 2.20. The molecule has 2 aromatic carbocycles. The lowest BCUT2D eigenvalue weighted by molar-refractivity contribution is -0.129. The number of carbonyl (C=O) groups excluding carboxylic acids is 1. The van der Waals surface area contributed by atoms with E-state index in [9.17, 15) is 9.18 Å². The van der Waals surface area contributed by atoms with Crippen molar-refractivity contribution in [2.45, 2.75) is 0 Å². The van der Waals surface area contributed by atoms with Gasteiger partial charge in [0.15, 0.2) is 5.70 Å². The average molecular weight is 327 g/mol. The summed E-state index contributed by atoms with van der Waals surface area (Å²) in [5, 5.41) is 0. The normalized spacial score (nSPS) is 15.2. The van der Waals surface area contributed by atoms with Gasteiger partial charge < -0.3 is 14.2 Å². The van der Waals surface area contributed by atoms with E-state index in [-0.39, 0.29) is 17.4 Å². The van der Waals surface area contributed by atoms with E-state index < -0.39 is 5.97 Å². The highest BCUT2D eigenvalue weighted by Gasteiger charge is 2.24. The number of benzene rings is 2. The van der Waals surface area contributed by atoms with Gasteiger partial charge in [0.25, 0.3) is 0 Å². The van der Waals surface area contributed by atoms with Crippen molar-refractivity contribution in [3.63, 3.8) is 0 Å². The monoisotopic (exact) mass is 327 g/mol. The van der Waals surface area contributed by atoms with Crippen LogP contribution in [0.25, 0.3) is 6.08 Å². The molecule has 0 amide bonds. The molecule has 0 saturated heterocycles. The maximum Gasteiger partial charge on any atom is 0.363 e. The molecule has 0 fully saturated rings. The van der Waals surface area contributed by atoms with Crippen LogP contribution in [0.3, 0.4) is 0 Å². The number of carbonyl (C=O) groups is 1. The molecule has 5 nitrogen and oxygen atoms in total. The van der Waals surface area contributed by atoms with Gasteiger partial charge in [-0.2, -0.15) is 0 Å². The summed E-state index contributed by atoms with van der Waals surface area (Å²) in [6, 6.07) is 10.8.